The molecule has 2 atom stereocenters. The van der Waals surface area contributed by atoms with Gasteiger partial charge in [0.2, 0.25) is 0 Å². The minimum atomic E-state index is -1.27. The van der Waals surface area contributed by atoms with Crippen LogP contribution in [0.15, 0.2) is 36.7 Å². The third kappa shape index (κ3) is 4.26. The molecule has 2 heterocycles. The number of aromatic nitrogens is 2. The Labute approximate surface area is 158 Å². The molecule has 0 spiro atoms. The van der Waals surface area contributed by atoms with Crippen LogP contribution in [0.25, 0.3) is 0 Å². The molecule has 2 aromatic rings. The Bertz CT molecular complexity index is 796. The summed E-state index contributed by atoms with van der Waals surface area (Å²) in [5.74, 6) is 0.389. The highest BCUT2D eigenvalue weighted by atomic mass is 16.5. The fraction of sp³-hybridized carbons (Fsp3) is 0.450. The predicted octanol–water partition coefficient (Wildman–Crippen LogP) is 1.67. The zero-order valence-electron chi connectivity index (χ0n) is 15.6. The minimum absolute atomic E-state index is 0.238. The van der Waals surface area contributed by atoms with Crippen molar-refractivity contribution in [3.8, 4) is 5.75 Å². The minimum Gasteiger partial charge on any atom is -0.497 e. The smallest absolute Gasteiger partial charge is 0.313 e. The summed E-state index contributed by atoms with van der Waals surface area (Å²) in [6.07, 6.45) is 3.26. The maximum atomic E-state index is 12.2. The van der Waals surface area contributed by atoms with Gasteiger partial charge in [0.25, 0.3) is 0 Å². The molecule has 7 nitrogen and oxygen atoms in total. The maximum absolute atomic E-state index is 12.2. The Balaban J connectivity index is 1.82. The molecule has 7 heteroatoms. The second-order valence-electron chi connectivity index (χ2n) is 7.14. The molecule has 3 rings (SSSR count). The molecule has 0 aliphatic carbocycles. The van der Waals surface area contributed by atoms with Crippen molar-refractivity contribution in [1.82, 2.24) is 14.9 Å². The van der Waals surface area contributed by atoms with Crippen LogP contribution < -0.4 is 4.74 Å². The molecular formula is C20H25N3O4. The van der Waals surface area contributed by atoms with Crippen molar-refractivity contribution in [2.45, 2.75) is 32.4 Å². The van der Waals surface area contributed by atoms with Crippen LogP contribution in [0, 0.1) is 12.3 Å². The number of hydrogen-bond acceptors (Lipinski definition) is 6. The molecule has 0 radical (unpaired) electrons. The van der Waals surface area contributed by atoms with E-state index in [0.717, 1.165) is 11.1 Å². The number of piperidine rings is 1. The molecule has 0 amide bonds. The fourth-order valence-corrected chi connectivity index (χ4v) is 3.66. The Morgan fingerprint density at radius 3 is 2.74 bits per heavy atom. The summed E-state index contributed by atoms with van der Waals surface area (Å²) in [6, 6.07) is 7.34. The second kappa shape index (κ2) is 8.02. The van der Waals surface area contributed by atoms with Crippen LogP contribution in [0.1, 0.15) is 23.4 Å². The van der Waals surface area contributed by atoms with Crippen molar-refractivity contribution in [1.29, 1.82) is 0 Å². The maximum Gasteiger partial charge on any atom is 0.313 e. The first kappa shape index (κ1) is 19.3. The van der Waals surface area contributed by atoms with Gasteiger partial charge in [0.05, 0.1) is 13.2 Å². The number of likely N-dealkylation sites (tertiary alicyclic amines) is 1. The van der Waals surface area contributed by atoms with Gasteiger partial charge in [-0.2, -0.15) is 0 Å². The van der Waals surface area contributed by atoms with E-state index in [1.54, 1.807) is 19.5 Å². The van der Waals surface area contributed by atoms with E-state index in [4.69, 9.17) is 4.74 Å². The van der Waals surface area contributed by atoms with Crippen LogP contribution in [0.4, 0.5) is 0 Å². The first-order valence-corrected chi connectivity index (χ1v) is 8.97. The van der Waals surface area contributed by atoms with Crippen LogP contribution in [0.5, 0.6) is 5.75 Å². The second-order valence-corrected chi connectivity index (χ2v) is 7.14. The van der Waals surface area contributed by atoms with Crippen LogP contribution in [-0.2, 0) is 17.8 Å². The number of aliphatic hydroxyl groups excluding tert-OH is 1. The zero-order chi connectivity index (χ0) is 19.4. The first-order chi connectivity index (χ1) is 12.9. The number of ether oxygens (including phenoxy) is 1. The van der Waals surface area contributed by atoms with Gasteiger partial charge in [0.1, 0.15) is 17.0 Å². The highest BCUT2D eigenvalue weighted by Crippen LogP contribution is 2.36. The van der Waals surface area contributed by atoms with Crippen LogP contribution in [0.2, 0.25) is 0 Å². The Morgan fingerprint density at radius 1 is 1.33 bits per heavy atom. The molecule has 27 heavy (non-hydrogen) atoms. The normalized spacial score (nSPS) is 23.1. The van der Waals surface area contributed by atoms with Gasteiger partial charge in [-0.15, -0.1) is 0 Å². The number of nitrogens with zero attached hydrogens (tertiary/aromatic N) is 3. The van der Waals surface area contributed by atoms with Crippen molar-refractivity contribution in [3.63, 3.8) is 0 Å². The van der Waals surface area contributed by atoms with E-state index >= 15 is 0 Å². The van der Waals surface area contributed by atoms with Gasteiger partial charge in [-0.1, -0.05) is 12.1 Å². The monoisotopic (exact) mass is 371 g/mol. The SMILES string of the molecule is COc1cccc(C[C@@]2(C(=O)O)CN(Cc3cnc(C)nc3)CC[C@@H]2O)c1. The molecule has 0 unspecified atom stereocenters. The molecule has 1 aliphatic rings. The molecule has 144 valence electrons. The quantitative estimate of drug-likeness (QED) is 0.797. The molecule has 1 aromatic carbocycles. The van der Waals surface area contributed by atoms with E-state index in [-0.39, 0.29) is 13.0 Å². The van der Waals surface area contributed by atoms with Crippen LogP contribution in [0.3, 0.4) is 0 Å². The first-order valence-electron chi connectivity index (χ1n) is 8.97. The molecule has 1 aliphatic heterocycles. The number of hydrogen-bond donors (Lipinski definition) is 2. The van der Waals surface area contributed by atoms with Gasteiger partial charge in [-0.3, -0.25) is 9.69 Å². The largest absolute Gasteiger partial charge is 0.497 e. The van der Waals surface area contributed by atoms with Crippen LogP contribution >= 0.6 is 0 Å². The number of carbonyl (C=O) groups is 1. The summed E-state index contributed by atoms with van der Waals surface area (Å²) in [6.45, 7) is 3.27. The Kier molecular flexibility index (Phi) is 5.72. The molecule has 2 N–H and O–H groups in total. The van der Waals surface area contributed by atoms with Gasteiger partial charge in [0, 0.05) is 37.6 Å². The number of methoxy groups -OCH3 is 1. The lowest BCUT2D eigenvalue weighted by Gasteiger charge is -2.43. The summed E-state index contributed by atoms with van der Waals surface area (Å²) >= 11 is 0. The Morgan fingerprint density at radius 2 is 2.07 bits per heavy atom. The van der Waals surface area contributed by atoms with E-state index in [1.165, 1.54) is 0 Å². The summed E-state index contributed by atoms with van der Waals surface area (Å²) in [4.78, 5) is 22.7. The highest BCUT2D eigenvalue weighted by Gasteiger charge is 2.49. The van der Waals surface area contributed by atoms with Crippen molar-refractivity contribution in [2.75, 3.05) is 20.2 Å². The molecule has 1 aromatic heterocycles. The lowest BCUT2D eigenvalue weighted by molar-refractivity contribution is -0.163. The van der Waals surface area contributed by atoms with Gasteiger partial charge in [0.15, 0.2) is 0 Å². The van der Waals surface area contributed by atoms with E-state index in [0.29, 0.717) is 31.1 Å². The average Bonchev–Trinajstić information content (AvgIpc) is 2.66. The standard InChI is InChI=1S/C20H25N3O4/c1-14-21-10-16(11-22-14)12-23-7-6-18(24)20(13-23,19(25)26)9-15-4-3-5-17(8-15)27-2/h3-5,8,10-11,18,24H,6-7,9,12-13H2,1-2H3,(H,25,26)/t18-,20+/m0/s1. The number of aliphatic carboxylic acids is 1. The van der Waals surface area contributed by atoms with Gasteiger partial charge in [-0.05, 0) is 37.5 Å². The van der Waals surface area contributed by atoms with E-state index < -0.39 is 17.5 Å². The Hall–Kier alpha value is -2.51. The predicted molar refractivity (Wildman–Crippen MR) is 99.4 cm³/mol. The van der Waals surface area contributed by atoms with Crippen molar-refractivity contribution in [3.05, 3.63) is 53.6 Å². The number of aliphatic hydroxyl groups is 1. The molecule has 1 fully saturated rings. The highest BCUT2D eigenvalue weighted by molar-refractivity contribution is 5.76. The number of aryl methyl sites for hydroxylation is 1. The molecule has 0 saturated carbocycles. The van der Waals surface area contributed by atoms with Gasteiger partial charge < -0.3 is 14.9 Å². The number of carboxylic acids is 1. The summed E-state index contributed by atoms with van der Waals surface area (Å²) in [5, 5.41) is 20.7. The van der Waals surface area contributed by atoms with Crippen LogP contribution in [-0.4, -0.2) is 57.4 Å². The van der Waals surface area contributed by atoms with Crippen molar-refractivity contribution < 1.29 is 19.7 Å². The van der Waals surface area contributed by atoms with Gasteiger partial charge >= 0.3 is 5.97 Å². The van der Waals surface area contributed by atoms with E-state index in [2.05, 4.69) is 14.9 Å². The number of carboxylic acid groups (broad SMARTS) is 1. The average molecular weight is 371 g/mol. The topological polar surface area (TPSA) is 95.8 Å². The number of benzene rings is 1. The van der Waals surface area contributed by atoms with E-state index in [9.17, 15) is 15.0 Å². The molecule has 0 bridgehead atoms. The summed E-state index contributed by atoms with van der Waals surface area (Å²) in [7, 11) is 1.58. The zero-order valence-corrected chi connectivity index (χ0v) is 15.6. The lowest BCUT2D eigenvalue weighted by atomic mass is 9.72. The molecule has 1 saturated heterocycles. The summed E-state index contributed by atoms with van der Waals surface area (Å²) < 4.78 is 5.24. The molecular weight excluding hydrogens is 346 g/mol. The van der Waals surface area contributed by atoms with Gasteiger partial charge in [-0.25, -0.2) is 9.97 Å². The van der Waals surface area contributed by atoms with Crippen molar-refractivity contribution in [2.24, 2.45) is 5.41 Å². The number of rotatable bonds is 6. The van der Waals surface area contributed by atoms with Crippen molar-refractivity contribution >= 4 is 5.97 Å². The third-order valence-corrected chi connectivity index (χ3v) is 5.18. The lowest BCUT2D eigenvalue weighted by Crippen LogP contribution is -2.56. The fourth-order valence-electron chi connectivity index (χ4n) is 3.66. The summed E-state index contributed by atoms with van der Waals surface area (Å²) in [5.41, 5.74) is 0.491. The van der Waals surface area contributed by atoms with E-state index in [1.807, 2.05) is 31.2 Å². The third-order valence-electron chi connectivity index (χ3n) is 5.18.